The number of hydrogen-bond acceptors (Lipinski definition) is 5. The average Bonchev–Trinajstić information content (AvgIpc) is 2.94. The van der Waals surface area contributed by atoms with Crippen molar-refractivity contribution in [2.24, 2.45) is 0 Å². The molecule has 0 amide bonds. The predicted molar refractivity (Wildman–Crippen MR) is 90.2 cm³/mol. The molecule has 1 atom stereocenters. The van der Waals surface area contributed by atoms with Crippen LogP contribution >= 0.6 is 22.9 Å². The molecule has 22 heavy (non-hydrogen) atoms. The smallest absolute Gasteiger partial charge is 0.161 e. The summed E-state index contributed by atoms with van der Waals surface area (Å²) in [6.45, 7) is 3.63. The number of ether oxygens (including phenoxy) is 2. The first kappa shape index (κ1) is 17.1. The van der Waals surface area contributed by atoms with Gasteiger partial charge in [-0.3, -0.25) is 0 Å². The van der Waals surface area contributed by atoms with Gasteiger partial charge in [0.15, 0.2) is 11.5 Å². The van der Waals surface area contributed by atoms with Crippen LogP contribution in [0.4, 0.5) is 0 Å². The molecule has 0 spiro atoms. The van der Waals surface area contributed by atoms with Crippen LogP contribution in [0.15, 0.2) is 30.3 Å². The van der Waals surface area contributed by atoms with Gasteiger partial charge in [0.2, 0.25) is 0 Å². The molecule has 120 valence electrons. The number of aliphatic hydroxyl groups is 1. The van der Waals surface area contributed by atoms with Gasteiger partial charge in [-0.15, -0.1) is 11.3 Å². The van der Waals surface area contributed by atoms with Gasteiger partial charge < -0.3 is 19.9 Å². The SMILES string of the molecule is CCOc1cc(CNCC(O)c2ccc(Cl)s2)ccc1OC. The summed E-state index contributed by atoms with van der Waals surface area (Å²) in [7, 11) is 1.62. The maximum atomic E-state index is 10.1. The monoisotopic (exact) mass is 341 g/mol. The van der Waals surface area contributed by atoms with Gasteiger partial charge in [-0.25, -0.2) is 0 Å². The summed E-state index contributed by atoms with van der Waals surface area (Å²) in [5, 5.41) is 13.3. The molecule has 0 fully saturated rings. The molecule has 1 aromatic heterocycles. The molecule has 2 rings (SSSR count). The Labute approximate surface area is 139 Å². The fraction of sp³-hybridized carbons (Fsp3) is 0.375. The van der Waals surface area contributed by atoms with Gasteiger partial charge in [0.05, 0.1) is 18.1 Å². The molecule has 0 aliphatic carbocycles. The zero-order valence-corrected chi connectivity index (χ0v) is 14.2. The van der Waals surface area contributed by atoms with Crippen molar-refractivity contribution >= 4 is 22.9 Å². The summed E-state index contributed by atoms with van der Waals surface area (Å²) in [4.78, 5) is 0.863. The number of methoxy groups -OCH3 is 1. The Bertz CT molecular complexity index is 603. The van der Waals surface area contributed by atoms with Gasteiger partial charge in [-0.1, -0.05) is 17.7 Å². The third-order valence-corrected chi connectivity index (χ3v) is 4.45. The highest BCUT2D eigenvalue weighted by Gasteiger charge is 2.10. The highest BCUT2D eigenvalue weighted by Crippen LogP contribution is 2.28. The van der Waals surface area contributed by atoms with Crippen LogP contribution in [0.1, 0.15) is 23.5 Å². The van der Waals surface area contributed by atoms with Crippen molar-refractivity contribution in [3.63, 3.8) is 0 Å². The molecule has 1 heterocycles. The lowest BCUT2D eigenvalue weighted by molar-refractivity contribution is 0.178. The van der Waals surface area contributed by atoms with Crippen LogP contribution in [0.25, 0.3) is 0 Å². The van der Waals surface area contributed by atoms with Crippen LogP contribution in [0, 0.1) is 0 Å². The minimum absolute atomic E-state index is 0.465. The summed E-state index contributed by atoms with van der Waals surface area (Å²) in [6.07, 6.45) is -0.554. The molecule has 0 bridgehead atoms. The van der Waals surface area contributed by atoms with Gasteiger partial charge in [-0.2, -0.15) is 0 Å². The van der Waals surface area contributed by atoms with Crippen molar-refractivity contribution in [2.45, 2.75) is 19.6 Å². The van der Waals surface area contributed by atoms with Gasteiger partial charge in [0.1, 0.15) is 6.10 Å². The fourth-order valence-corrected chi connectivity index (χ4v) is 3.11. The van der Waals surface area contributed by atoms with E-state index in [1.54, 1.807) is 13.2 Å². The van der Waals surface area contributed by atoms with E-state index in [0.29, 0.717) is 24.0 Å². The molecular weight excluding hydrogens is 322 g/mol. The fourth-order valence-electron chi connectivity index (χ4n) is 2.06. The van der Waals surface area contributed by atoms with Crippen molar-refractivity contribution in [1.29, 1.82) is 0 Å². The Morgan fingerprint density at radius 1 is 1.27 bits per heavy atom. The predicted octanol–water partition coefficient (Wildman–Crippen LogP) is 3.63. The zero-order valence-electron chi connectivity index (χ0n) is 12.6. The number of nitrogens with one attached hydrogen (secondary N) is 1. The summed E-state index contributed by atoms with van der Waals surface area (Å²) in [6, 6.07) is 9.45. The minimum Gasteiger partial charge on any atom is -0.493 e. The lowest BCUT2D eigenvalue weighted by atomic mass is 10.2. The third-order valence-electron chi connectivity index (χ3n) is 3.12. The second-order valence-electron chi connectivity index (χ2n) is 4.71. The Kier molecular flexibility index (Phi) is 6.51. The van der Waals surface area contributed by atoms with Crippen LogP contribution in [0.5, 0.6) is 11.5 Å². The van der Waals surface area contributed by atoms with E-state index in [-0.39, 0.29) is 0 Å². The Balaban J connectivity index is 1.90. The molecule has 0 aliphatic rings. The van der Waals surface area contributed by atoms with E-state index in [9.17, 15) is 5.11 Å². The first-order chi connectivity index (χ1) is 10.6. The van der Waals surface area contributed by atoms with Gasteiger partial charge >= 0.3 is 0 Å². The van der Waals surface area contributed by atoms with E-state index in [1.807, 2.05) is 31.2 Å². The number of benzene rings is 1. The molecule has 0 aliphatic heterocycles. The van der Waals surface area contributed by atoms with Crippen LogP contribution < -0.4 is 14.8 Å². The Morgan fingerprint density at radius 2 is 2.09 bits per heavy atom. The average molecular weight is 342 g/mol. The molecule has 6 heteroatoms. The topological polar surface area (TPSA) is 50.7 Å². The van der Waals surface area contributed by atoms with Crippen molar-refractivity contribution in [1.82, 2.24) is 5.32 Å². The number of hydrogen-bond donors (Lipinski definition) is 2. The van der Waals surface area contributed by atoms with Crippen LogP contribution in [0.2, 0.25) is 4.34 Å². The van der Waals surface area contributed by atoms with E-state index in [0.717, 1.165) is 21.9 Å². The van der Waals surface area contributed by atoms with E-state index in [2.05, 4.69) is 5.32 Å². The maximum absolute atomic E-state index is 10.1. The van der Waals surface area contributed by atoms with Gasteiger partial charge in [0, 0.05) is 18.0 Å². The number of halogens is 1. The summed E-state index contributed by atoms with van der Waals surface area (Å²) < 4.78 is 11.5. The maximum Gasteiger partial charge on any atom is 0.161 e. The van der Waals surface area contributed by atoms with Crippen LogP contribution in [-0.4, -0.2) is 25.4 Å². The van der Waals surface area contributed by atoms with E-state index >= 15 is 0 Å². The molecule has 1 aromatic carbocycles. The van der Waals surface area contributed by atoms with E-state index in [4.69, 9.17) is 21.1 Å². The Hall–Kier alpha value is -1.27. The zero-order chi connectivity index (χ0) is 15.9. The molecule has 2 aromatic rings. The Morgan fingerprint density at radius 3 is 2.73 bits per heavy atom. The molecular formula is C16H20ClNO3S. The van der Waals surface area contributed by atoms with E-state index in [1.165, 1.54) is 11.3 Å². The van der Waals surface area contributed by atoms with Gasteiger partial charge in [0.25, 0.3) is 0 Å². The molecule has 1 unspecified atom stereocenters. The number of rotatable bonds is 8. The summed E-state index contributed by atoms with van der Waals surface area (Å²) in [5.74, 6) is 1.45. The van der Waals surface area contributed by atoms with Crippen molar-refractivity contribution in [2.75, 3.05) is 20.3 Å². The second-order valence-corrected chi connectivity index (χ2v) is 6.45. The van der Waals surface area contributed by atoms with E-state index < -0.39 is 6.10 Å². The molecule has 0 saturated heterocycles. The van der Waals surface area contributed by atoms with Crippen LogP contribution in [0.3, 0.4) is 0 Å². The lowest BCUT2D eigenvalue weighted by Crippen LogP contribution is -2.20. The molecule has 0 radical (unpaired) electrons. The minimum atomic E-state index is -0.554. The van der Waals surface area contributed by atoms with Gasteiger partial charge in [-0.05, 0) is 36.8 Å². The standard InChI is InChI=1S/C16H20ClNO3S/c1-3-21-14-8-11(4-5-13(14)20-2)9-18-10-12(19)15-6-7-16(17)22-15/h4-8,12,18-19H,3,9-10H2,1-2H3. The van der Waals surface area contributed by atoms with Crippen molar-refractivity contribution in [3.8, 4) is 11.5 Å². The third kappa shape index (κ3) is 4.61. The van der Waals surface area contributed by atoms with Crippen molar-refractivity contribution < 1.29 is 14.6 Å². The summed E-state index contributed by atoms with van der Waals surface area (Å²) in [5.41, 5.74) is 1.07. The highest BCUT2D eigenvalue weighted by molar-refractivity contribution is 7.16. The second kappa shape index (κ2) is 8.39. The largest absolute Gasteiger partial charge is 0.493 e. The van der Waals surface area contributed by atoms with Crippen LogP contribution in [-0.2, 0) is 6.54 Å². The molecule has 2 N–H and O–H groups in total. The number of thiophene rings is 1. The lowest BCUT2D eigenvalue weighted by Gasteiger charge is -2.13. The first-order valence-electron chi connectivity index (χ1n) is 7.07. The quantitative estimate of drug-likeness (QED) is 0.769. The number of aliphatic hydroxyl groups excluding tert-OH is 1. The highest BCUT2D eigenvalue weighted by atomic mass is 35.5. The normalized spacial score (nSPS) is 12.2. The molecule has 0 saturated carbocycles. The molecule has 4 nitrogen and oxygen atoms in total. The first-order valence-corrected chi connectivity index (χ1v) is 8.27. The van der Waals surface area contributed by atoms with Crippen molar-refractivity contribution in [3.05, 3.63) is 45.1 Å². The summed E-state index contributed by atoms with van der Waals surface area (Å²) >= 11 is 7.27.